The van der Waals surface area contributed by atoms with E-state index in [0.29, 0.717) is 0 Å². The maximum absolute atomic E-state index is 4.57. The standard InChI is InChI=1S/C14H23N5/c1-14(2,3)13-11(10-18(4)17-13)8-15-9-12-6-7-16-19(12)5/h6-7,10,15H,8-9H2,1-5H3. The smallest absolute Gasteiger partial charge is 0.0722 e. The van der Waals surface area contributed by atoms with Crippen LogP contribution in [0, 0.1) is 0 Å². The summed E-state index contributed by atoms with van der Waals surface area (Å²) in [5.41, 5.74) is 3.68. The summed E-state index contributed by atoms with van der Waals surface area (Å²) in [6.07, 6.45) is 3.92. The van der Waals surface area contributed by atoms with Gasteiger partial charge >= 0.3 is 0 Å². The molecule has 0 aliphatic rings. The van der Waals surface area contributed by atoms with Crippen molar-refractivity contribution < 1.29 is 0 Å². The molecule has 2 heterocycles. The molecule has 0 saturated carbocycles. The minimum Gasteiger partial charge on any atom is -0.307 e. The fraction of sp³-hybridized carbons (Fsp3) is 0.571. The molecule has 2 rings (SSSR count). The van der Waals surface area contributed by atoms with E-state index in [1.165, 1.54) is 11.3 Å². The van der Waals surface area contributed by atoms with Crippen molar-refractivity contribution in [3.8, 4) is 0 Å². The summed E-state index contributed by atoms with van der Waals surface area (Å²) in [4.78, 5) is 0. The average molecular weight is 261 g/mol. The highest BCUT2D eigenvalue weighted by molar-refractivity contribution is 5.23. The molecule has 0 aliphatic carbocycles. The lowest BCUT2D eigenvalue weighted by atomic mass is 9.89. The highest BCUT2D eigenvalue weighted by Gasteiger charge is 2.21. The molecular formula is C14H23N5. The van der Waals surface area contributed by atoms with E-state index in [1.807, 2.05) is 35.7 Å². The third kappa shape index (κ3) is 3.23. The van der Waals surface area contributed by atoms with Crippen molar-refractivity contribution >= 4 is 0 Å². The zero-order valence-corrected chi connectivity index (χ0v) is 12.4. The lowest BCUT2D eigenvalue weighted by Gasteiger charge is -2.17. The summed E-state index contributed by atoms with van der Waals surface area (Å²) in [6.45, 7) is 8.22. The number of nitrogens with zero attached hydrogens (tertiary/aromatic N) is 4. The summed E-state index contributed by atoms with van der Waals surface area (Å²) in [7, 11) is 3.93. The average Bonchev–Trinajstić information content (AvgIpc) is 2.85. The van der Waals surface area contributed by atoms with E-state index in [0.717, 1.165) is 18.8 Å². The zero-order chi connectivity index (χ0) is 14.0. The number of hydrogen-bond acceptors (Lipinski definition) is 3. The first kappa shape index (κ1) is 13.8. The van der Waals surface area contributed by atoms with Crippen molar-refractivity contribution in [1.82, 2.24) is 24.9 Å². The Morgan fingerprint density at radius 2 is 1.95 bits per heavy atom. The van der Waals surface area contributed by atoms with Crippen molar-refractivity contribution in [2.24, 2.45) is 14.1 Å². The van der Waals surface area contributed by atoms with Gasteiger partial charge in [0.2, 0.25) is 0 Å². The molecule has 0 aliphatic heterocycles. The topological polar surface area (TPSA) is 47.7 Å². The van der Waals surface area contributed by atoms with Crippen LogP contribution in [-0.4, -0.2) is 19.6 Å². The predicted octanol–water partition coefficient (Wildman–Crippen LogP) is 1.74. The second-order valence-electron chi connectivity index (χ2n) is 5.98. The van der Waals surface area contributed by atoms with E-state index in [-0.39, 0.29) is 5.41 Å². The Morgan fingerprint density at radius 3 is 2.53 bits per heavy atom. The van der Waals surface area contributed by atoms with Crippen LogP contribution in [0.2, 0.25) is 0 Å². The van der Waals surface area contributed by atoms with E-state index in [1.54, 1.807) is 0 Å². The van der Waals surface area contributed by atoms with Crippen LogP contribution in [0.3, 0.4) is 0 Å². The van der Waals surface area contributed by atoms with Crippen LogP contribution in [0.4, 0.5) is 0 Å². The van der Waals surface area contributed by atoms with E-state index in [9.17, 15) is 0 Å². The Balaban J connectivity index is 2.02. The predicted molar refractivity (Wildman–Crippen MR) is 75.7 cm³/mol. The summed E-state index contributed by atoms with van der Waals surface area (Å²) in [6, 6.07) is 2.03. The van der Waals surface area contributed by atoms with E-state index in [4.69, 9.17) is 0 Å². The molecule has 5 nitrogen and oxygen atoms in total. The first-order valence-electron chi connectivity index (χ1n) is 6.58. The number of hydrogen-bond donors (Lipinski definition) is 1. The molecule has 0 spiro atoms. The molecule has 2 aromatic rings. The maximum Gasteiger partial charge on any atom is 0.0722 e. The van der Waals surface area contributed by atoms with Crippen molar-refractivity contribution in [3.05, 3.63) is 35.4 Å². The van der Waals surface area contributed by atoms with Gasteiger partial charge in [0.1, 0.15) is 0 Å². The van der Waals surface area contributed by atoms with Gasteiger partial charge in [-0.1, -0.05) is 20.8 Å². The molecule has 0 aromatic carbocycles. The van der Waals surface area contributed by atoms with E-state index >= 15 is 0 Å². The molecule has 0 saturated heterocycles. The Labute approximate surface area is 114 Å². The van der Waals surface area contributed by atoms with E-state index < -0.39 is 0 Å². The van der Waals surface area contributed by atoms with Crippen molar-refractivity contribution in [3.63, 3.8) is 0 Å². The molecule has 0 radical (unpaired) electrons. The largest absolute Gasteiger partial charge is 0.307 e. The summed E-state index contributed by atoms with van der Waals surface area (Å²) < 4.78 is 3.78. The lowest BCUT2D eigenvalue weighted by Crippen LogP contribution is -2.19. The van der Waals surface area contributed by atoms with E-state index in [2.05, 4.69) is 42.5 Å². The van der Waals surface area contributed by atoms with Gasteiger partial charge in [0.25, 0.3) is 0 Å². The van der Waals surface area contributed by atoms with Crippen LogP contribution in [-0.2, 0) is 32.6 Å². The van der Waals surface area contributed by atoms with Crippen LogP contribution in [0.1, 0.15) is 37.7 Å². The Kier molecular flexibility index (Phi) is 3.75. The summed E-state index contributed by atoms with van der Waals surface area (Å²) in [5.74, 6) is 0. The van der Waals surface area contributed by atoms with Gasteiger partial charge < -0.3 is 5.32 Å². The van der Waals surface area contributed by atoms with Crippen LogP contribution >= 0.6 is 0 Å². The third-order valence-corrected chi connectivity index (χ3v) is 3.16. The molecule has 0 amide bonds. The SMILES string of the molecule is Cn1cc(CNCc2ccnn2C)c(C(C)(C)C)n1. The van der Waals surface area contributed by atoms with Gasteiger partial charge in [-0.25, -0.2) is 0 Å². The third-order valence-electron chi connectivity index (χ3n) is 3.16. The number of nitrogens with one attached hydrogen (secondary N) is 1. The molecule has 0 atom stereocenters. The normalized spacial score (nSPS) is 12.1. The van der Waals surface area contributed by atoms with Gasteiger partial charge in [-0.2, -0.15) is 10.2 Å². The number of aromatic nitrogens is 4. The molecule has 0 bridgehead atoms. The van der Waals surface area contributed by atoms with Gasteiger partial charge in [0.05, 0.1) is 11.4 Å². The van der Waals surface area contributed by atoms with Crippen molar-refractivity contribution in [2.75, 3.05) is 0 Å². The Hall–Kier alpha value is -1.62. The van der Waals surface area contributed by atoms with Crippen LogP contribution < -0.4 is 5.32 Å². The molecule has 1 N–H and O–H groups in total. The van der Waals surface area contributed by atoms with Gasteiger partial charge in [-0.05, 0) is 6.07 Å². The quantitative estimate of drug-likeness (QED) is 0.912. The van der Waals surface area contributed by atoms with Crippen LogP contribution in [0.5, 0.6) is 0 Å². The van der Waals surface area contributed by atoms with Gasteiger partial charge in [0, 0.05) is 50.6 Å². The summed E-state index contributed by atoms with van der Waals surface area (Å²) in [5, 5.41) is 12.2. The highest BCUT2D eigenvalue weighted by atomic mass is 15.3. The number of rotatable bonds is 4. The van der Waals surface area contributed by atoms with Crippen molar-refractivity contribution in [2.45, 2.75) is 39.3 Å². The highest BCUT2D eigenvalue weighted by Crippen LogP contribution is 2.23. The van der Waals surface area contributed by atoms with Crippen LogP contribution in [0.15, 0.2) is 18.5 Å². The first-order chi connectivity index (χ1) is 8.88. The molecule has 104 valence electrons. The molecule has 2 aromatic heterocycles. The van der Waals surface area contributed by atoms with Gasteiger partial charge in [-0.15, -0.1) is 0 Å². The minimum atomic E-state index is 0.0742. The second-order valence-corrected chi connectivity index (χ2v) is 5.98. The van der Waals surface area contributed by atoms with Gasteiger partial charge in [0.15, 0.2) is 0 Å². The minimum absolute atomic E-state index is 0.0742. The molecule has 0 unspecified atom stereocenters. The maximum atomic E-state index is 4.57. The molecular weight excluding hydrogens is 238 g/mol. The molecule has 5 heteroatoms. The van der Waals surface area contributed by atoms with Gasteiger partial charge in [-0.3, -0.25) is 9.36 Å². The molecule has 0 fully saturated rings. The van der Waals surface area contributed by atoms with Crippen molar-refractivity contribution in [1.29, 1.82) is 0 Å². The fourth-order valence-corrected chi connectivity index (χ4v) is 2.20. The lowest BCUT2D eigenvalue weighted by molar-refractivity contribution is 0.541. The Morgan fingerprint density at radius 1 is 1.21 bits per heavy atom. The first-order valence-corrected chi connectivity index (χ1v) is 6.58. The Bertz CT molecular complexity index is 544. The monoisotopic (exact) mass is 261 g/mol. The second kappa shape index (κ2) is 5.17. The van der Waals surface area contributed by atoms with Crippen LogP contribution in [0.25, 0.3) is 0 Å². The number of aryl methyl sites for hydroxylation is 2. The fourth-order valence-electron chi connectivity index (χ4n) is 2.20. The zero-order valence-electron chi connectivity index (χ0n) is 12.4. The summed E-state index contributed by atoms with van der Waals surface area (Å²) >= 11 is 0. The molecule has 19 heavy (non-hydrogen) atoms.